The summed E-state index contributed by atoms with van der Waals surface area (Å²) in [5.41, 5.74) is 0. The van der Waals surface area contributed by atoms with Crippen molar-refractivity contribution < 1.29 is 64.6 Å². The highest BCUT2D eigenvalue weighted by Gasteiger charge is 2.51. The van der Waals surface area contributed by atoms with Crippen LogP contribution in [0.1, 0.15) is 271 Å². The van der Waals surface area contributed by atoms with Crippen molar-refractivity contribution in [2.45, 2.75) is 344 Å². The molecule has 2 aliphatic rings. The normalized spacial score (nSPS) is 24.7. The Kier molecular flexibility index (Phi) is 46.2. The third-order valence-electron chi connectivity index (χ3n) is 15.8. The van der Waals surface area contributed by atoms with Gasteiger partial charge in [-0.3, -0.25) is 4.79 Å². The van der Waals surface area contributed by atoms with E-state index in [0.717, 1.165) is 44.9 Å². The van der Waals surface area contributed by atoms with Gasteiger partial charge in [0.1, 0.15) is 48.8 Å². The lowest BCUT2D eigenvalue weighted by molar-refractivity contribution is -0.359. The molecule has 0 radical (unpaired) electrons. The maximum atomic E-state index is 13.2. The molecule has 2 heterocycles. The van der Waals surface area contributed by atoms with E-state index in [2.05, 4.69) is 43.5 Å². The summed E-state index contributed by atoms with van der Waals surface area (Å²) in [7, 11) is 0. The highest BCUT2D eigenvalue weighted by Crippen LogP contribution is 2.30. The van der Waals surface area contributed by atoms with E-state index in [1.807, 2.05) is 6.08 Å². The first-order valence-electron chi connectivity index (χ1n) is 32.2. The molecule has 0 spiro atoms. The van der Waals surface area contributed by atoms with Gasteiger partial charge in [0, 0.05) is 6.42 Å². The summed E-state index contributed by atoms with van der Waals surface area (Å²) >= 11 is 0. The summed E-state index contributed by atoms with van der Waals surface area (Å²) in [6.07, 6.45) is 45.0. The number of nitrogens with one attached hydrogen (secondary N) is 1. The van der Waals surface area contributed by atoms with Gasteiger partial charge in [-0.15, -0.1) is 0 Å². The number of rotatable bonds is 52. The van der Waals surface area contributed by atoms with E-state index in [4.69, 9.17) is 18.9 Å². The van der Waals surface area contributed by atoms with E-state index in [1.165, 1.54) is 193 Å². The summed E-state index contributed by atoms with van der Waals surface area (Å²) in [6.45, 7) is 2.79. The molecule has 14 heteroatoms. The fraction of sp³-hybridized carbons (Fsp3) is 0.891. The molecule has 2 fully saturated rings. The topological polar surface area (TPSA) is 228 Å². The molecule has 9 N–H and O–H groups in total. The van der Waals surface area contributed by atoms with Crippen molar-refractivity contribution in [3.8, 4) is 0 Å². The number of ether oxygens (including phenoxy) is 4. The molecule has 2 aliphatic heterocycles. The second-order valence-corrected chi connectivity index (χ2v) is 22.9. The SMILES string of the molecule is CCCCCCCCCCCCCCCCCCCCCCC/C=C/CC/C=C/CC/C=C/C(O)C(COC1OC(CO)C(OC2OC(CO)C(O)C(O)C2O)C(O)C1O)NC(=O)CCCCCCCCCCCCCCC. The lowest BCUT2D eigenvalue weighted by atomic mass is 9.97. The monoisotopic (exact) mass is 1110 g/mol. The van der Waals surface area contributed by atoms with Gasteiger partial charge in [0.05, 0.1) is 32.0 Å². The fourth-order valence-corrected chi connectivity index (χ4v) is 10.6. The van der Waals surface area contributed by atoms with Gasteiger partial charge in [-0.2, -0.15) is 0 Å². The Labute approximate surface area is 474 Å². The van der Waals surface area contributed by atoms with Gasteiger partial charge in [-0.25, -0.2) is 0 Å². The van der Waals surface area contributed by atoms with Crippen molar-refractivity contribution in [3.05, 3.63) is 36.5 Å². The van der Waals surface area contributed by atoms with Gasteiger partial charge in [0.2, 0.25) is 5.91 Å². The minimum atomic E-state index is -1.79. The second-order valence-electron chi connectivity index (χ2n) is 22.9. The smallest absolute Gasteiger partial charge is 0.220 e. The van der Waals surface area contributed by atoms with E-state index in [1.54, 1.807) is 6.08 Å². The van der Waals surface area contributed by atoms with Crippen LogP contribution >= 0.6 is 0 Å². The highest BCUT2D eigenvalue weighted by atomic mass is 16.7. The van der Waals surface area contributed by atoms with E-state index in [-0.39, 0.29) is 18.9 Å². The standard InChI is InChI=1S/C64H119NO13/c1-3-5-7-9-11-13-15-17-18-19-20-21-22-23-24-25-26-27-28-29-30-31-32-33-34-36-37-39-41-43-45-47-53(68)52(65-56(69)48-46-44-42-40-38-35-16-14-12-10-8-6-4-2)51-75-63-61(74)59(72)62(55(50-67)77-63)78-64-60(73)58(71)57(70)54(49-66)76-64/h32-33,37,39,45,47,52-55,57-64,66-68,70-74H,3-31,34-36,38,40-44,46,48-51H2,1-2H3,(H,65,69)/b33-32+,39-37+,47-45+. The summed E-state index contributed by atoms with van der Waals surface area (Å²) in [4.78, 5) is 13.2. The van der Waals surface area contributed by atoms with Crippen LogP contribution < -0.4 is 5.32 Å². The summed E-state index contributed by atoms with van der Waals surface area (Å²) in [5, 5.41) is 87.1. The first-order chi connectivity index (χ1) is 38.1. The van der Waals surface area contributed by atoms with E-state index < -0.39 is 86.8 Å². The zero-order valence-electron chi connectivity index (χ0n) is 49.4. The Morgan fingerprint density at radius 2 is 0.821 bits per heavy atom. The molecular weight excluding hydrogens is 991 g/mol. The minimum Gasteiger partial charge on any atom is -0.394 e. The summed E-state index contributed by atoms with van der Waals surface area (Å²) < 4.78 is 22.8. The molecule has 12 atom stereocenters. The zero-order chi connectivity index (χ0) is 56.7. The quantitative estimate of drug-likeness (QED) is 0.0204. The van der Waals surface area contributed by atoms with Crippen LogP contribution in [0.3, 0.4) is 0 Å². The number of amides is 1. The molecular formula is C64H119NO13. The predicted molar refractivity (Wildman–Crippen MR) is 314 cm³/mol. The number of carbonyl (C=O) groups is 1. The largest absolute Gasteiger partial charge is 0.394 e. The van der Waals surface area contributed by atoms with Crippen molar-refractivity contribution in [2.24, 2.45) is 0 Å². The average Bonchev–Trinajstić information content (AvgIpc) is 3.47. The van der Waals surface area contributed by atoms with Gasteiger partial charge >= 0.3 is 0 Å². The maximum Gasteiger partial charge on any atom is 0.220 e. The number of aliphatic hydroxyl groups is 8. The van der Waals surface area contributed by atoms with Crippen molar-refractivity contribution >= 4 is 5.91 Å². The van der Waals surface area contributed by atoms with Crippen LogP contribution in [0.5, 0.6) is 0 Å². The number of hydrogen-bond donors (Lipinski definition) is 9. The predicted octanol–water partition coefficient (Wildman–Crippen LogP) is 11.8. The van der Waals surface area contributed by atoms with Crippen molar-refractivity contribution in [3.63, 3.8) is 0 Å². The van der Waals surface area contributed by atoms with Gasteiger partial charge in [0.25, 0.3) is 0 Å². The van der Waals surface area contributed by atoms with Crippen molar-refractivity contribution in [1.29, 1.82) is 0 Å². The molecule has 0 aliphatic carbocycles. The molecule has 0 bridgehead atoms. The number of unbranched alkanes of at least 4 members (excludes halogenated alkanes) is 35. The highest BCUT2D eigenvalue weighted by molar-refractivity contribution is 5.76. The lowest BCUT2D eigenvalue weighted by Gasteiger charge is -2.46. The molecule has 2 saturated heterocycles. The minimum absolute atomic E-state index is 0.252. The van der Waals surface area contributed by atoms with Crippen LogP contribution in [0, 0.1) is 0 Å². The Bertz CT molecular complexity index is 1450. The molecule has 2 rings (SSSR count). The third kappa shape index (κ3) is 34.6. The van der Waals surface area contributed by atoms with Crippen LogP contribution in [0.4, 0.5) is 0 Å². The van der Waals surface area contributed by atoms with Crippen molar-refractivity contribution in [1.82, 2.24) is 5.32 Å². The van der Waals surface area contributed by atoms with Crippen LogP contribution in [-0.4, -0.2) is 140 Å². The third-order valence-corrected chi connectivity index (χ3v) is 15.8. The number of allylic oxidation sites excluding steroid dienone is 5. The van der Waals surface area contributed by atoms with E-state index in [0.29, 0.717) is 12.8 Å². The summed E-state index contributed by atoms with van der Waals surface area (Å²) in [5.74, 6) is -0.252. The van der Waals surface area contributed by atoms with Gasteiger partial charge in [-0.05, 0) is 44.9 Å². The molecule has 0 aromatic heterocycles. The zero-order valence-corrected chi connectivity index (χ0v) is 49.4. The molecule has 458 valence electrons. The van der Waals surface area contributed by atoms with Crippen LogP contribution in [0.25, 0.3) is 0 Å². The van der Waals surface area contributed by atoms with Crippen molar-refractivity contribution in [2.75, 3.05) is 19.8 Å². The summed E-state index contributed by atoms with van der Waals surface area (Å²) in [6, 6.07) is -0.935. The van der Waals surface area contributed by atoms with Gasteiger partial charge < -0.3 is 65.1 Å². The molecule has 78 heavy (non-hydrogen) atoms. The number of aliphatic hydroxyl groups excluding tert-OH is 8. The molecule has 12 unspecified atom stereocenters. The van der Waals surface area contributed by atoms with Crippen LogP contribution in [0.15, 0.2) is 36.5 Å². The molecule has 14 nitrogen and oxygen atoms in total. The second kappa shape index (κ2) is 49.8. The lowest BCUT2D eigenvalue weighted by Crippen LogP contribution is -2.65. The first-order valence-corrected chi connectivity index (χ1v) is 32.2. The number of carbonyl (C=O) groups excluding carboxylic acids is 1. The fourth-order valence-electron chi connectivity index (χ4n) is 10.6. The van der Waals surface area contributed by atoms with Crippen LogP contribution in [0.2, 0.25) is 0 Å². The van der Waals surface area contributed by atoms with Gasteiger partial charge in [0.15, 0.2) is 12.6 Å². The Morgan fingerprint density at radius 3 is 1.26 bits per heavy atom. The van der Waals surface area contributed by atoms with E-state index in [9.17, 15) is 45.6 Å². The first kappa shape index (κ1) is 72.3. The average molecular weight is 1110 g/mol. The Balaban J connectivity index is 1.70. The number of hydrogen-bond acceptors (Lipinski definition) is 13. The molecule has 0 saturated carbocycles. The van der Waals surface area contributed by atoms with Gasteiger partial charge in [-0.1, -0.05) is 256 Å². The Morgan fingerprint density at radius 1 is 0.449 bits per heavy atom. The molecule has 0 aromatic rings. The molecule has 1 amide bonds. The maximum absolute atomic E-state index is 13.2. The molecule has 0 aromatic carbocycles. The Hall–Kier alpha value is -1.79. The van der Waals surface area contributed by atoms with E-state index >= 15 is 0 Å². The van der Waals surface area contributed by atoms with Crippen LogP contribution in [-0.2, 0) is 23.7 Å².